The fraction of sp³-hybridized carbons (Fsp3) is 0.857. The third kappa shape index (κ3) is 27.7. The van der Waals surface area contributed by atoms with Gasteiger partial charge in [0.1, 0.15) is 0 Å². The van der Waals surface area contributed by atoms with Crippen LogP contribution in [-0.4, -0.2) is 46.5 Å². The summed E-state index contributed by atoms with van der Waals surface area (Å²) < 4.78 is 0. The Morgan fingerprint density at radius 1 is 0.810 bits per heavy atom. The molecular weight excluding hydrogens is 276 g/mol. The predicted molar refractivity (Wildman–Crippen MR) is 78.0 cm³/mol. The summed E-state index contributed by atoms with van der Waals surface area (Å²) >= 11 is 0. The van der Waals surface area contributed by atoms with E-state index in [0.717, 1.165) is 38.5 Å². The van der Waals surface area contributed by atoms with Crippen molar-refractivity contribution in [2.24, 2.45) is 9.98 Å². The van der Waals surface area contributed by atoms with E-state index in [4.69, 9.17) is 15.3 Å². The number of aliphatic hydroxyl groups is 3. The Bertz CT molecular complexity index is 294. The van der Waals surface area contributed by atoms with Gasteiger partial charge in [-0.25, -0.2) is 19.6 Å². The van der Waals surface area contributed by atoms with Crippen molar-refractivity contribution in [3.8, 4) is 0 Å². The maximum atomic E-state index is 9.63. The second-order valence-electron chi connectivity index (χ2n) is 4.59. The van der Waals surface area contributed by atoms with Crippen molar-refractivity contribution in [3.05, 3.63) is 0 Å². The van der Waals surface area contributed by atoms with Crippen LogP contribution >= 0.6 is 0 Å². The van der Waals surface area contributed by atoms with Gasteiger partial charge in [-0.05, 0) is 19.3 Å². The van der Waals surface area contributed by atoms with Gasteiger partial charge >= 0.3 is 0 Å². The van der Waals surface area contributed by atoms with Gasteiger partial charge in [-0.15, -0.1) is 0 Å². The van der Waals surface area contributed by atoms with Gasteiger partial charge in [0.2, 0.25) is 12.2 Å². The summed E-state index contributed by atoms with van der Waals surface area (Å²) in [4.78, 5) is 26.1. The number of hydrogen-bond acceptors (Lipinski definition) is 7. The van der Waals surface area contributed by atoms with E-state index < -0.39 is 5.97 Å². The Kier molecular flexibility index (Phi) is 17.4. The van der Waals surface area contributed by atoms with Crippen LogP contribution in [0.4, 0.5) is 0 Å². The van der Waals surface area contributed by atoms with E-state index in [1.807, 2.05) is 6.92 Å². The molecule has 0 aromatic heterocycles. The molecule has 7 nitrogen and oxygen atoms in total. The van der Waals surface area contributed by atoms with Crippen LogP contribution in [0.1, 0.15) is 58.3 Å². The number of aliphatic imine (C=N–C) groups is 2. The van der Waals surface area contributed by atoms with Crippen molar-refractivity contribution in [1.82, 2.24) is 0 Å². The van der Waals surface area contributed by atoms with Crippen LogP contribution in [0.15, 0.2) is 9.98 Å². The Morgan fingerprint density at radius 3 is 1.62 bits per heavy atom. The zero-order valence-corrected chi connectivity index (χ0v) is 12.6. The molecule has 0 bridgehead atoms. The predicted octanol–water partition coefficient (Wildman–Crippen LogP) is 1.42. The molecular formula is C14H26N2O5. The Morgan fingerprint density at radius 2 is 1.29 bits per heavy atom. The van der Waals surface area contributed by atoms with Crippen LogP contribution in [0.3, 0.4) is 0 Å². The van der Waals surface area contributed by atoms with E-state index >= 15 is 0 Å². The first-order chi connectivity index (χ1) is 9.97. The summed E-state index contributed by atoms with van der Waals surface area (Å²) in [6.07, 6.45) is 9.43. The standard InChI is InChI=1S/C8H12N2O2.C6H14O3/c11-7-9-5-3-1-2-4-6-10-8-12;1-2-3-4-5-6(7,8)9/h1-6H2;7-9H,2-5H2,1H3. The molecule has 0 aromatic rings. The van der Waals surface area contributed by atoms with Crippen LogP contribution in [0, 0.1) is 0 Å². The molecule has 21 heavy (non-hydrogen) atoms. The first kappa shape index (κ1) is 21.9. The smallest absolute Gasteiger partial charge is 0.275 e. The molecule has 3 N–H and O–H groups in total. The highest BCUT2D eigenvalue weighted by Gasteiger charge is 2.15. The first-order valence-corrected chi connectivity index (χ1v) is 7.22. The highest BCUT2D eigenvalue weighted by atomic mass is 16.7. The fourth-order valence-electron chi connectivity index (χ4n) is 1.44. The molecule has 0 saturated heterocycles. The lowest BCUT2D eigenvalue weighted by Crippen LogP contribution is -2.26. The molecule has 122 valence electrons. The minimum atomic E-state index is -2.45. The largest absolute Gasteiger partial charge is 0.344 e. The van der Waals surface area contributed by atoms with E-state index in [-0.39, 0.29) is 6.42 Å². The Balaban J connectivity index is 0. The van der Waals surface area contributed by atoms with E-state index in [2.05, 4.69) is 9.98 Å². The van der Waals surface area contributed by atoms with Crippen molar-refractivity contribution in [3.63, 3.8) is 0 Å². The molecule has 0 amide bonds. The lowest BCUT2D eigenvalue weighted by Gasteiger charge is -2.12. The monoisotopic (exact) mass is 302 g/mol. The van der Waals surface area contributed by atoms with E-state index in [1.165, 1.54) is 12.2 Å². The molecule has 0 rings (SSSR count). The molecule has 0 saturated carbocycles. The molecule has 0 unspecified atom stereocenters. The van der Waals surface area contributed by atoms with Crippen LogP contribution in [-0.2, 0) is 9.59 Å². The average molecular weight is 302 g/mol. The summed E-state index contributed by atoms with van der Waals surface area (Å²) in [6.45, 7) is 3.12. The molecule has 0 aliphatic carbocycles. The Labute approximate surface area is 125 Å². The highest BCUT2D eigenvalue weighted by Crippen LogP contribution is 2.07. The molecule has 0 aromatic carbocycles. The third-order valence-electron chi connectivity index (χ3n) is 2.53. The van der Waals surface area contributed by atoms with Crippen LogP contribution in [0.5, 0.6) is 0 Å². The van der Waals surface area contributed by atoms with Crippen molar-refractivity contribution < 1.29 is 24.9 Å². The van der Waals surface area contributed by atoms with E-state index in [9.17, 15) is 9.59 Å². The second kappa shape index (κ2) is 16.7. The third-order valence-corrected chi connectivity index (χ3v) is 2.53. The summed E-state index contributed by atoms with van der Waals surface area (Å²) in [5.74, 6) is -2.45. The summed E-state index contributed by atoms with van der Waals surface area (Å²) in [5.41, 5.74) is 0. The minimum Gasteiger partial charge on any atom is -0.344 e. The van der Waals surface area contributed by atoms with E-state index in [0.29, 0.717) is 19.5 Å². The molecule has 0 spiro atoms. The SMILES string of the molecule is CCCCCC(O)(O)O.O=C=NCCCCCCN=C=O. The minimum absolute atomic E-state index is 0.0425. The molecule has 0 aliphatic rings. The fourth-order valence-corrected chi connectivity index (χ4v) is 1.44. The average Bonchev–Trinajstić information content (AvgIpc) is 2.42. The van der Waals surface area contributed by atoms with Crippen molar-refractivity contribution in [2.75, 3.05) is 13.1 Å². The van der Waals surface area contributed by atoms with Gasteiger partial charge < -0.3 is 15.3 Å². The van der Waals surface area contributed by atoms with Crippen molar-refractivity contribution >= 4 is 12.2 Å². The Hall–Kier alpha value is -1.36. The van der Waals surface area contributed by atoms with Gasteiger partial charge in [-0.1, -0.05) is 32.6 Å². The zero-order chi connectivity index (χ0) is 16.4. The number of rotatable bonds is 11. The zero-order valence-electron chi connectivity index (χ0n) is 12.6. The lowest BCUT2D eigenvalue weighted by molar-refractivity contribution is -0.314. The van der Waals surface area contributed by atoms with E-state index in [1.54, 1.807) is 0 Å². The maximum Gasteiger partial charge on any atom is 0.275 e. The lowest BCUT2D eigenvalue weighted by atomic mass is 10.2. The van der Waals surface area contributed by atoms with Crippen LogP contribution in [0.2, 0.25) is 0 Å². The van der Waals surface area contributed by atoms with Gasteiger partial charge in [-0.3, -0.25) is 0 Å². The van der Waals surface area contributed by atoms with Crippen LogP contribution in [0.25, 0.3) is 0 Å². The molecule has 0 atom stereocenters. The number of isocyanates is 2. The van der Waals surface area contributed by atoms with Gasteiger partial charge in [0.05, 0.1) is 13.1 Å². The summed E-state index contributed by atoms with van der Waals surface area (Å²) in [7, 11) is 0. The molecule has 0 aliphatic heterocycles. The summed E-state index contributed by atoms with van der Waals surface area (Å²) in [6, 6.07) is 0. The molecule has 0 heterocycles. The maximum absolute atomic E-state index is 9.63. The number of carbonyl (C=O) groups excluding carboxylic acids is 2. The van der Waals surface area contributed by atoms with Crippen molar-refractivity contribution in [1.29, 1.82) is 0 Å². The summed E-state index contributed by atoms with van der Waals surface area (Å²) in [5, 5.41) is 25.1. The molecule has 0 fully saturated rings. The van der Waals surface area contributed by atoms with Crippen LogP contribution < -0.4 is 0 Å². The number of unbranched alkanes of at least 4 members (excludes halogenated alkanes) is 5. The normalized spacial score (nSPS) is 9.90. The van der Waals surface area contributed by atoms with Gasteiger partial charge in [-0.2, -0.15) is 0 Å². The highest BCUT2D eigenvalue weighted by molar-refractivity contribution is 5.32. The van der Waals surface area contributed by atoms with Gasteiger partial charge in [0.25, 0.3) is 5.97 Å². The quantitative estimate of drug-likeness (QED) is 0.231. The van der Waals surface area contributed by atoms with Gasteiger partial charge in [0, 0.05) is 6.42 Å². The number of nitrogens with zero attached hydrogens (tertiary/aromatic N) is 2. The first-order valence-electron chi connectivity index (χ1n) is 7.22. The number of hydrogen-bond donors (Lipinski definition) is 3. The molecule has 7 heteroatoms. The van der Waals surface area contributed by atoms with Crippen molar-refractivity contribution in [2.45, 2.75) is 64.3 Å². The second-order valence-corrected chi connectivity index (χ2v) is 4.59. The molecule has 0 radical (unpaired) electrons. The van der Waals surface area contributed by atoms with Gasteiger partial charge in [0.15, 0.2) is 0 Å². The topological polar surface area (TPSA) is 120 Å².